The molecule has 0 aliphatic heterocycles. The maximum atomic E-state index is 5.01. The maximum absolute atomic E-state index is 5.01. The second-order valence-corrected chi connectivity index (χ2v) is 5.32. The van der Waals surface area contributed by atoms with Gasteiger partial charge in [-0.3, -0.25) is 0 Å². The minimum absolute atomic E-state index is 0.850. The lowest BCUT2D eigenvalue weighted by atomic mass is 10.4. The first-order chi connectivity index (χ1) is 6.33. The molecule has 1 aromatic rings. The van der Waals surface area contributed by atoms with Crippen molar-refractivity contribution in [3.8, 4) is 0 Å². The number of rotatable bonds is 3. The zero-order valence-corrected chi connectivity index (χ0v) is 9.77. The smallest absolute Gasteiger partial charge is 0.134 e. The molecule has 1 rings (SSSR count). The Hall–Kier alpha value is -0.190. The van der Waals surface area contributed by atoms with Crippen molar-refractivity contribution >= 4 is 40.1 Å². The average Bonchev–Trinajstić information content (AvgIpc) is 2.19. The van der Waals surface area contributed by atoms with Crippen molar-refractivity contribution in [3.05, 3.63) is 30.3 Å². The molecule has 0 radical (unpaired) electrons. The molecule has 0 aliphatic carbocycles. The fraction of sp³-hybridized carbons (Fsp3) is 0.222. The molecule has 0 aliphatic rings. The van der Waals surface area contributed by atoms with Gasteiger partial charge in [-0.1, -0.05) is 42.2 Å². The van der Waals surface area contributed by atoms with Crippen LogP contribution >= 0.6 is 35.7 Å². The molecule has 0 spiro atoms. The molecule has 0 saturated carbocycles. The van der Waals surface area contributed by atoms with E-state index in [0.29, 0.717) is 0 Å². The lowest BCUT2D eigenvalue weighted by Crippen LogP contribution is -2.10. The zero-order valence-electron chi connectivity index (χ0n) is 7.32. The Balaban J connectivity index is 2.24. The van der Waals surface area contributed by atoms with E-state index in [2.05, 4.69) is 17.4 Å². The highest BCUT2D eigenvalue weighted by atomic mass is 32.2. The summed E-state index contributed by atoms with van der Waals surface area (Å²) in [6.45, 7) is 0. The van der Waals surface area contributed by atoms with Crippen LogP contribution in [0.1, 0.15) is 0 Å². The van der Waals surface area contributed by atoms with E-state index < -0.39 is 0 Å². The Labute approximate surface area is 92.7 Å². The van der Waals surface area contributed by atoms with Crippen molar-refractivity contribution in [2.75, 3.05) is 12.1 Å². The largest absolute Gasteiger partial charge is 0.374 e. The molecule has 0 amide bonds. The Morgan fingerprint density at radius 1 is 1.38 bits per heavy atom. The number of benzene rings is 1. The highest BCUT2D eigenvalue weighted by molar-refractivity contribution is 8.29. The molecule has 13 heavy (non-hydrogen) atoms. The predicted octanol–water partition coefficient (Wildman–Crippen LogP) is 2.97. The van der Waals surface area contributed by atoms with Gasteiger partial charge in [-0.05, 0) is 12.1 Å². The third-order valence-corrected chi connectivity index (χ3v) is 3.94. The van der Waals surface area contributed by atoms with Gasteiger partial charge in [0.2, 0.25) is 0 Å². The SMILES string of the molecule is CNC(=S)SCSc1ccccc1. The van der Waals surface area contributed by atoms with Gasteiger partial charge >= 0.3 is 0 Å². The Morgan fingerprint density at radius 2 is 2.08 bits per heavy atom. The molecule has 4 heteroatoms. The molecule has 1 aromatic carbocycles. The van der Waals surface area contributed by atoms with E-state index >= 15 is 0 Å². The van der Waals surface area contributed by atoms with Crippen LogP contribution in [0.25, 0.3) is 0 Å². The molecule has 0 aromatic heterocycles. The van der Waals surface area contributed by atoms with E-state index in [0.717, 1.165) is 9.41 Å². The summed E-state index contributed by atoms with van der Waals surface area (Å²) in [6, 6.07) is 10.3. The molecule has 1 N–H and O–H groups in total. The van der Waals surface area contributed by atoms with Gasteiger partial charge in [0.15, 0.2) is 0 Å². The van der Waals surface area contributed by atoms with Gasteiger partial charge in [0.1, 0.15) is 4.32 Å². The van der Waals surface area contributed by atoms with Crippen LogP contribution in [0.15, 0.2) is 35.2 Å². The Kier molecular flexibility index (Phi) is 5.27. The van der Waals surface area contributed by atoms with Crippen LogP contribution in [-0.4, -0.2) is 16.5 Å². The topological polar surface area (TPSA) is 12.0 Å². The normalized spacial score (nSPS) is 9.62. The zero-order chi connectivity index (χ0) is 9.52. The van der Waals surface area contributed by atoms with Gasteiger partial charge in [-0.15, -0.1) is 11.8 Å². The van der Waals surface area contributed by atoms with Crippen molar-refractivity contribution < 1.29 is 0 Å². The lowest BCUT2D eigenvalue weighted by Gasteiger charge is -2.01. The van der Waals surface area contributed by atoms with E-state index in [1.54, 1.807) is 23.5 Å². The highest BCUT2D eigenvalue weighted by Crippen LogP contribution is 2.22. The van der Waals surface area contributed by atoms with Crippen LogP contribution in [0, 0.1) is 0 Å². The van der Waals surface area contributed by atoms with E-state index in [4.69, 9.17) is 12.2 Å². The van der Waals surface area contributed by atoms with Crippen LogP contribution in [0.3, 0.4) is 0 Å². The molecule has 0 bridgehead atoms. The number of thiocarbonyl (C=S) groups is 1. The monoisotopic (exact) mass is 229 g/mol. The molecule has 70 valence electrons. The second kappa shape index (κ2) is 6.29. The fourth-order valence-electron chi connectivity index (χ4n) is 0.740. The fourth-order valence-corrected chi connectivity index (χ4v) is 2.88. The quantitative estimate of drug-likeness (QED) is 0.485. The van der Waals surface area contributed by atoms with Gasteiger partial charge in [-0.25, -0.2) is 0 Å². The molecule has 0 heterocycles. The number of hydrogen-bond donors (Lipinski definition) is 1. The highest BCUT2D eigenvalue weighted by Gasteiger charge is 1.95. The number of nitrogens with one attached hydrogen (secondary N) is 1. The molecule has 1 nitrogen and oxygen atoms in total. The summed E-state index contributed by atoms with van der Waals surface area (Å²) in [5, 5.41) is 3.89. The molecule has 0 atom stereocenters. The molecule has 0 saturated heterocycles. The number of thioether (sulfide) groups is 2. The first-order valence-electron chi connectivity index (χ1n) is 3.85. The van der Waals surface area contributed by atoms with Gasteiger partial charge < -0.3 is 5.32 Å². The summed E-state index contributed by atoms with van der Waals surface area (Å²) >= 11 is 8.46. The van der Waals surface area contributed by atoms with E-state index in [1.807, 2.05) is 25.2 Å². The average molecular weight is 229 g/mol. The summed E-state index contributed by atoms with van der Waals surface area (Å²) in [7, 11) is 1.85. The molecular formula is C9H11NS3. The third-order valence-electron chi connectivity index (χ3n) is 1.36. The minimum Gasteiger partial charge on any atom is -0.374 e. The first kappa shape index (κ1) is 10.9. The summed E-state index contributed by atoms with van der Waals surface area (Å²) in [5.74, 6) is 0. The van der Waals surface area contributed by atoms with Crippen molar-refractivity contribution in [2.24, 2.45) is 0 Å². The Morgan fingerprint density at radius 3 is 2.69 bits per heavy atom. The predicted molar refractivity (Wildman–Crippen MR) is 66.4 cm³/mol. The Bertz CT molecular complexity index is 261. The first-order valence-corrected chi connectivity index (χ1v) is 6.23. The van der Waals surface area contributed by atoms with Gasteiger partial charge in [-0.2, -0.15) is 0 Å². The molecular weight excluding hydrogens is 218 g/mol. The van der Waals surface area contributed by atoms with E-state index in [1.165, 1.54) is 4.90 Å². The van der Waals surface area contributed by atoms with E-state index in [-0.39, 0.29) is 0 Å². The summed E-state index contributed by atoms with van der Waals surface area (Å²) in [5.41, 5.74) is 0. The summed E-state index contributed by atoms with van der Waals surface area (Å²) in [4.78, 5) is 1.29. The standard InChI is InChI=1S/C9H11NS3/c1-10-9(11)13-7-12-8-5-3-2-4-6-8/h2-6H,7H2,1H3,(H,10,11). The maximum Gasteiger partial charge on any atom is 0.134 e. The van der Waals surface area contributed by atoms with Gasteiger partial charge in [0.05, 0.1) is 5.08 Å². The van der Waals surface area contributed by atoms with Crippen LogP contribution in [-0.2, 0) is 0 Å². The van der Waals surface area contributed by atoms with Crippen molar-refractivity contribution in [3.63, 3.8) is 0 Å². The summed E-state index contributed by atoms with van der Waals surface area (Å²) in [6.07, 6.45) is 0. The van der Waals surface area contributed by atoms with Gasteiger partial charge in [0.25, 0.3) is 0 Å². The van der Waals surface area contributed by atoms with Crippen LogP contribution in [0.5, 0.6) is 0 Å². The molecule has 0 unspecified atom stereocenters. The van der Waals surface area contributed by atoms with Crippen molar-refractivity contribution in [1.29, 1.82) is 0 Å². The van der Waals surface area contributed by atoms with Crippen LogP contribution in [0.2, 0.25) is 0 Å². The van der Waals surface area contributed by atoms with Crippen molar-refractivity contribution in [2.45, 2.75) is 4.90 Å². The van der Waals surface area contributed by atoms with Gasteiger partial charge in [0, 0.05) is 11.9 Å². The van der Waals surface area contributed by atoms with Crippen LogP contribution in [0.4, 0.5) is 0 Å². The van der Waals surface area contributed by atoms with Crippen LogP contribution < -0.4 is 5.32 Å². The number of hydrogen-bond acceptors (Lipinski definition) is 3. The molecule has 0 fully saturated rings. The van der Waals surface area contributed by atoms with E-state index in [9.17, 15) is 0 Å². The second-order valence-electron chi connectivity index (χ2n) is 2.26. The summed E-state index contributed by atoms with van der Waals surface area (Å²) < 4.78 is 0.850. The minimum atomic E-state index is 0.850. The van der Waals surface area contributed by atoms with Crippen molar-refractivity contribution in [1.82, 2.24) is 5.32 Å². The third kappa shape index (κ3) is 4.55. The lowest BCUT2D eigenvalue weighted by molar-refractivity contribution is 1.23.